The molecule has 1 heterocycles. The fourth-order valence-corrected chi connectivity index (χ4v) is 1.32. The second-order valence-corrected chi connectivity index (χ2v) is 3.85. The maximum absolute atomic E-state index is 12.0. The molecule has 92 valence electrons. The molecule has 1 aromatic rings. The predicted molar refractivity (Wildman–Crippen MR) is 60.7 cm³/mol. The van der Waals surface area contributed by atoms with E-state index in [1.54, 1.807) is 13.8 Å². The molecule has 0 fully saturated rings. The minimum Gasteiger partial charge on any atom is -0.480 e. The normalized spacial score (nSPS) is 12.0. The van der Waals surface area contributed by atoms with E-state index in [-0.39, 0.29) is 0 Å². The third-order valence-corrected chi connectivity index (χ3v) is 2.59. The van der Waals surface area contributed by atoms with Gasteiger partial charge in [-0.2, -0.15) is 0 Å². The Morgan fingerprint density at radius 3 is 2.47 bits per heavy atom. The van der Waals surface area contributed by atoms with Gasteiger partial charge in [-0.3, -0.25) is 4.79 Å². The lowest BCUT2D eigenvalue weighted by molar-refractivity contribution is -0.141. The Morgan fingerprint density at radius 1 is 1.41 bits per heavy atom. The standard InChI is InChI=1S/C11H15N3O3/c1-6-9(5-12-8(3)13-6)10(15)14(4)7(2)11(16)17/h5,7H,1-4H3,(H,16,17). The van der Waals surface area contributed by atoms with E-state index >= 15 is 0 Å². The second-order valence-electron chi connectivity index (χ2n) is 3.85. The largest absolute Gasteiger partial charge is 0.480 e. The summed E-state index contributed by atoms with van der Waals surface area (Å²) in [6, 6.07) is -0.886. The van der Waals surface area contributed by atoms with Crippen LogP contribution in [0, 0.1) is 13.8 Å². The molecule has 1 unspecified atom stereocenters. The van der Waals surface area contributed by atoms with E-state index in [0.717, 1.165) is 4.90 Å². The molecule has 0 aliphatic carbocycles. The number of likely N-dealkylation sites (N-methyl/N-ethyl adjacent to an activating group) is 1. The highest BCUT2D eigenvalue weighted by molar-refractivity contribution is 5.96. The minimum absolute atomic E-state index is 0.325. The number of hydrogen-bond donors (Lipinski definition) is 1. The summed E-state index contributed by atoms with van der Waals surface area (Å²) in [6.07, 6.45) is 1.42. The van der Waals surface area contributed by atoms with Crippen molar-refractivity contribution >= 4 is 11.9 Å². The van der Waals surface area contributed by atoms with Crippen LogP contribution >= 0.6 is 0 Å². The van der Waals surface area contributed by atoms with Crippen LogP contribution in [0.2, 0.25) is 0 Å². The molecular weight excluding hydrogens is 222 g/mol. The van der Waals surface area contributed by atoms with Crippen molar-refractivity contribution in [3.63, 3.8) is 0 Å². The molecule has 0 aliphatic rings. The van der Waals surface area contributed by atoms with Crippen LogP contribution in [0.1, 0.15) is 28.8 Å². The van der Waals surface area contributed by atoms with Crippen LogP contribution in [0.25, 0.3) is 0 Å². The van der Waals surface area contributed by atoms with Crippen LogP contribution in [0.3, 0.4) is 0 Å². The van der Waals surface area contributed by atoms with Crippen LogP contribution in [0.5, 0.6) is 0 Å². The molecular formula is C11H15N3O3. The van der Waals surface area contributed by atoms with E-state index in [0.29, 0.717) is 17.1 Å². The second kappa shape index (κ2) is 4.90. The van der Waals surface area contributed by atoms with Gasteiger partial charge in [0.15, 0.2) is 0 Å². The van der Waals surface area contributed by atoms with Crippen LogP contribution in [-0.2, 0) is 4.79 Å². The molecule has 6 nitrogen and oxygen atoms in total. The SMILES string of the molecule is Cc1ncc(C(=O)N(C)C(C)C(=O)O)c(C)n1. The topological polar surface area (TPSA) is 83.4 Å². The van der Waals surface area contributed by atoms with E-state index in [2.05, 4.69) is 9.97 Å². The van der Waals surface area contributed by atoms with Crippen molar-refractivity contribution in [1.82, 2.24) is 14.9 Å². The van der Waals surface area contributed by atoms with E-state index in [1.807, 2.05) is 0 Å². The monoisotopic (exact) mass is 237 g/mol. The van der Waals surface area contributed by atoms with Crippen molar-refractivity contribution in [2.45, 2.75) is 26.8 Å². The maximum Gasteiger partial charge on any atom is 0.326 e. The van der Waals surface area contributed by atoms with E-state index < -0.39 is 17.9 Å². The Kier molecular flexibility index (Phi) is 3.77. The summed E-state index contributed by atoms with van der Waals surface area (Å²) in [5.74, 6) is -0.864. The summed E-state index contributed by atoms with van der Waals surface area (Å²) in [4.78, 5) is 32.0. The molecule has 0 spiro atoms. The summed E-state index contributed by atoms with van der Waals surface area (Å²) in [6.45, 7) is 4.87. The first kappa shape index (κ1) is 13.1. The van der Waals surface area contributed by atoms with Crippen molar-refractivity contribution in [2.75, 3.05) is 7.05 Å². The number of carbonyl (C=O) groups is 2. The molecule has 0 aromatic carbocycles. The fraction of sp³-hybridized carbons (Fsp3) is 0.455. The van der Waals surface area contributed by atoms with Gasteiger partial charge in [-0.25, -0.2) is 14.8 Å². The molecule has 1 amide bonds. The summed E-state index contributed by atoms with van der Waals surface area (Å²) in [7, 11) is 1.44. The average molecular weight is 237 g/mol. The number of aromatic nitrogens is 2. The van der Waals surface area contributed by atoms with Gasteiger partial charge < -0.3 is 10.0 Å². The highest BCUT2D eigenvalue weighted by Gasteiger charge is 2.24. The van der Waals surface area contributed by atoms with Gasteiger partial charge in [0, 0.05) is 13.2 Å². The van der Waals surface area contributed by atoms with Gasteiger partial charge in [0.25, 0.3) is 5.91 Å². The van der Waals surface area contributed by atoms with Gasteiger partial charge in [0.2, 0.25) is 0 Å². The first-order valence-corrected chi connectivity index (χ1v) is 5.14. The van der Waals surface area contributed by atoms with Crippen molar-refractivity contribution in [1.29, 1.82) is 0 Å². The molecule has 0 radical (unpaired) electrons. The molecule has 1 aromatic heterocycles. The van der Waals surface area contributed by atoms with Crippen molar-refractivity contribution in [3.05, 3.63) is 23.3 Å². The predicted octanol–water partition coefficient (Wildman–Crippen LogP) is 0.639. The Bertz CT molecular complexity index is 459. The molecule has 17 heavy (non-hydrogen) atoms. The smallest absolute Gasteiger partial charge is 0.326 e. The Balaban J connectivity index is 3.00. The highest BCUT2D eigenvalue weighted by Crippen LogP contribution is 2.09. The fourth-order valence-electron chi connectivity index (χ4n) is 1.32. The zero-order valence-corrected chi connectivity index (χ0v) is 10.3. The molecule has 1 rings (SSSR count). The number of rotatable bonds is 3. The Morgan fingerprint density at radius 2 is 2.00 bits per heavy atom. The average Bonchev–Trinajstić information content (AvgIpc) is 2.26. The van der Waals surface area contributed by atoms with Gasteiger partial charge >= 0.3 is 5.97 Å². The Labute approximate surface area is 99.3 Å². The highest BCUT2D eigenvalue weighted by atomic mass is 16.4. The summed E-state index contributed by atoms with van der Waals surface area (Å²) < 4.78 is 0. The van der Waals surface area contributed by atoms with E-state index in [9.17, 15) is 9.59 Å². The quantitative estimate of drug-likeness (QED) is 0.834. The first-order valence-electron chi connectivity index (χ1n) is 5.14. The molecule has 0 bridgehead atoms. The van der Waals surface area contributed by atoms with Crippen molar-refractivity contribution < 1.29 is 14.7 Å². The van der Waals surface area contributed by atoms with E-state index in [1.165, 1.54) is 20.2 Å². The maximum atomic E-state index is 12.0. The van der Waals surface area contributed by atoms with Gasteiger partial charge in [0.05, 0.1) is 11.3 Å². The number of hydrogen-bond acceptors (Lipinski definition) is 4. The number of carboxylic acids is 1. The van der Waals surface area contributed by atoms with Gasteiger partial charge in [0.1, 0.15) is 11.9 Å². The van der Waals surface area contributed by atoms with Crippen LogP contribution in [0.15, 0.2) is 6.20 Å². The lowest BCUT2D eigenvalue weighted by atomic mass is 10.2. The minimum atomic E-state index is -1.05. The van der Waals surface area contributed by atoms with Gasteiger partial charge in [-0.15, -0.1) is 0 Å². The lowest BCUT2D eigenvalue weighted by Crippen LogP contribution is -2.40. The Hall–Kier alpha value is -1.98. The molecule has 0 saturated heterocycles. The third kappa shape index (κ3) is 2.77. The third-order valence-electron chi connectivity index (χ3n) is 2.59. The van der Waals surface area contributed by atoms with E-state index in [4.69, 9.17) is 5.11 Å². The number of aryl methyl sites for hydroxylation is 2. The number of aliphatic carboxylic acids is 1. The molecule has 0 saturated carbocycles. The molecule has 1 N–H and O–H groups in total. The molecule has 6 heteroatoms. The van der Waals surface area contributed by atoms with Crippen LogP contribution < -0.4 is 0 Å². The van der Waals surface area contributed by atoms with Gasteiger partial charge in [-0.05, 0) is 20.8 Å². The number of nitrogens with zero attached hydrogens (tertiary/aromatic N) is 3. The number of carbonyl (C=O) groups excluding carboxylic acids is 1. The summed E-state index contributed by atoms with van der Waals surface area (Å²) in [5, 5.41) is 8.84. The van der Waals surface area contributed by atoms with Crippen LogP contribution in [-0.4, -0.2) is 44.9 Å². The summed E-state index contributed by atoms with van der Waals surface area (Å²) >= 11 is 0. The molecule has 1 atom stereocenters. The van der Waals surface area contributed by atoms with Crippen molar-refractivity contribution in [3.8, 4) is 0 Å². The van der Waals surface area contributed by atoms with Crippen molar-refractivity contribution in [2.24, 2.45) is 0 Å². The zero-order chi connectivity index (χ0) is 13.2. The zero-order valence-electron chi connectivity index (χ0n) is 10.3. The first-order chi connectivity index (χ1) is 7.84. The lowest BCUT2D eigenvalue weighted by Gasteiger charge is -2.21. The molecule has 0 aliphatic heterocycles. The number of carboxylic acid groups (broad SMARTS) is 1. The summed E-state index contributed by atoms with van der Waals surface area (Å²) in [5.41, 5.74) is 0.873. The van der Waals surface area contributed by atoms with Crippen LogP contribution in [0.4, 0.5) is 0 Å². The number of amides is 1. The van der Waals surface area contributed by atoms with Gasteiger partial charge in [-0.1, -0.05) is 0 Å².